The number of ether oxygens (including phenoxy) is 2. The lowest BCUT2D eigenvalue weighted by Crippen LogP contribution is -2.37. The highest BCUT2D eigenvalue weighted by Crippen LogP contribution is 2.39. The van der Waals surface area contributed by atoms with E-state index < -0.39 is 0 Å². The molecule has 1 aliphatic carbocycles. The van der Waals surface area contributed by atoms with Gasteiger partial charge in [0.05, 0.1) is 30.9 Å². The van der Waals surface area contributed by atoms with Crippen molar-refractivity contribution in [2.24, 2.45) is 0 Å². The van der Waals surface area contributed by atoms with Crippen LogP contribution in [-0.2, 0) is 22.3 Å². The van der Waals surface area contributed by atoms with Crippen molar-refractivity contribution in [2.45, 2.75) is 32.6 Å². The highest BCUT2D eigenvalue weighted by atomic mass is 32.1. The molecule has 1 amide bonds. The number of hydrogen-bond acceptors (Lipinski definition) is 7. The summed E-state index contributed by atoms with van der Waals surface area (Å²) in [7, 11) is 0. The monoisotopic (exact) mass is 429 g/mol. The van der Waals surface area contributed by atoms with Crippen LogP contribution >= 0.6 is 11.3 Å². The van der Waals surface area contributed by atoms with Crippen molar-refractivity contribution < 1.29 is 19.1 Å². The molecule has 2 heterocycles. The van der Waals surface area contributed by atoms with Gasteiger partial charge >= 0.3 is 5.97 Å². The number of aryl methyl sites for hydroxylation is 1. The fourth-order valence-corrected chi connectivity index (χ4v) is 5.33. The number of amides is 1. The van der Waals surface area contributed by atoms with E-state index in [4.69, 9.17) is 15.2 Å². The van der Waals surface area contributed by atoms with E-state index in [9.17, 15) is 9.59 Å². The van der Waals surface area contributed by atoms with E-state index in [1.54, 1.807) is 19.1 Å². The molecular weight excluding hydrogens is 402 g/mol. The topological polar surface area (TPSA) is 93.9 Å². The predicted molar refractivity (Wildman–Crippen MR) is 119 cm³/mol. The summed E-state index contributed by atoms with van der Waals surface area (Å²) < 4.78 is 10.7. The van der Waals surface area contributed by atoms with E-state index in [-0.39, 0.29) is 11.9 Å². The molecular formula is C22H27N3O4S. The van der Waals surface area contributed by atoms with Crippen LogP contribution in [0.15, 0.2) is 18.2 Å². The molecule has 2 aliphatic rings. The number of nitrogens with two attached hydrogens (primary N) is 1. The molecule has 1 fully saturated rings. The second kappa shape index (κ2) is 9.06. The largest absolute Gasteiger partial charge is 0.462 e. The zero-order valence-electron chi connectivity index (χ0n) is 17.2. The number of carbonyl (C=O) groups is 2. The first-order valence-corrected chi connectivity index (χ1v) is 11.3. The van der Waals surface area contributed by atoms with E-state index in [0.29, 0.717) is 54.7 Å². The molecule has 0 bridgehead atoms. The van der Waals surface area contributed by atoms with Crippen LogP contribution in [0.4, 0.5) is 16.4 Å². The summed E-state index contributed by atoms with van der Waals surface area (Å²) in [5.41, 5.74) is 9.38. The second-order valence-corrected chi connectivity index (χ2v) is 8.57. The Balaban J connectivity index is 1.67. The maximum absolute atomic E-state index is 13.3. The maximum atomic E-state index is 13.3. The molecule has 160 valence electrons. The van der Waals surface area contributed by atoms with Crippen molar-refractivity contribution in [3.05, 3.63) is 39.8 Å². The van der Waals surface area contributed by atoms with Crippen molar-refractivity contribution >= 4 is 39.6 Å². The van der Waals surface area contributed by atoms with Gasteiger partial charge in [0.15, 0.2) is 0 Å². The summed E-state index contributed by atoms with van der Waals surface area (Å²) >= 11 is 1.49. The summed E-state index contributed by atoms with van der Waals surface area (Å²) in [5, 5.41) is 3.57. The predicted octanol–water partition coefficient (Wildman–Crippen LogP) is 3.47. The van der Waals surface area contributed by atoms with Crippen LogP contribution in [0, 0.1) is 0 Å². The van der Waals surface area contributed by atoms with E-state index in [1.807, 2.05) is 6.07 Å². The first-order valence-electron chi connectivity index (χ1n) is 10.4. The molecule has 4 rings (SSSR count). The summed E-state index contributed by atoms with van der Waals surface area (Å²) in [6.07, 6.45) is 3.91. The first-order chi connectivity index (χ1) is 14.6. The molecule has 1 aliphatic heterocycles. The number of thiophene rings is 1. The van der Waals surface area contributed by atoms with Gasteiger partial charge < -0.3 is 25.4 Å². The van der Waals surface area contributed by atoms with Gasteiger partial charge in [0.1, 0.15) is 5.00 Å². The van der Waals surface area contributed by atoms with Gasteiger partial charge in [-0.3, -0.25) is 4.79 Å². The Hall–Kier alpha value is -2.58. The lowest BCUT2D eigenvalue weighted by atomic mass is 9.95. The second-order valence-electron chi connectivity index (χ2n) is 7.47. The molecule has 1 aromatic carbocycles. The number of nitrogens with zero attached hydrogens (tertiary/aromatic N) is 1. The van der Waals surface area contributed by atoms with E-state index in [0.717, 1.165) is 36.9 Å². The maximum Gasteiger partial charge on any atom is 0.341 e. The smallest absolute Gasteiger partial charge is 0.341 e. The molecule has 1 saturated heterocycles. The standard InChI is InChI=1S/C22H27N3O4S/c1-2-29-22(27)19-15-5-3-4-6-18(15)30-21(19)24-20(26)16-13-14(23)7-8-17(16)25-9-11-28-12-10-25/h7-8,13H,2-6,9-12,23H2,1H3,(H,24,26). The molecule has 0 atom stereocenters. The molecule has 1 aromatic heterocycles. The quantitative estimate of drug-likeness (QED) is 0.558. The lowest BCUT2D eigenvalue weighted by Gasteiger charge is -2.30. The minimum Gasteiger partial charge on any atom is -0.462 e. The number of nitrogen functional groups attached to an aromatic ring is 1. The van der Waals surface area contributed by atoms with Gasteiger partial charge in [-0.05, 0) is 56.4 Å². The number of fused-ring (bicyclic) bond motifs is 1. The number of benzene rings is 1. The molecule has 30 heavy (non-hydrogen) atoms. The van der Waals surface area contributed by atoms with E-state index in [1.165, 1.54) is 16.2 Å². The highest BCUT2D eigenvalue weighted by Gasteiger charge is 2.28. The van der Waals surface area contributed by atoms with Gasteiger partial charge in [0.25, 0.3) is 5.91 Å². The summed E-state index contributed by atoms with van der Waals surface area (Å²) in [4.78, 5) is 29.3. The number of carbonyl (C=O) groups excluding carboxylic acids is 2. The van der Waals surface area contributed by atoms with Crippen molar-refractivity contribution in [3.8, 4) is 0 Å². The number of hydrogen-bond donors (Lipinski definition) is 2. The third kappa shape index (κ3) is 4.15. The van der Waals surface area contributed by atoms with Gasteiger partial charge in [-0.1, -0.05) is 0 Å². The first kappa shape index (κ1) is 20.7. The van der Waals surface area contributed by atoms with Gasteiger partial charge in [0, 0.05) is 29.3 Å². The van der Waals surface area contributed by atoms with Crippen LogP contribution in [0.3, 0.4) is 0 Å². The summed E-state index contributed by atoms with van der Waals surface area (Å²) in [6.45, 7) is 4.76. The number of anilines is 3. The van der Waals surface area contributed by atoms with Crippen LogP contribution in [0.1, 0.15) is 50.9 Å². The highest BCUT2D eigenvalue weighted by molar-refractivity contribution is 7.17. The third-order valence-electron chi connectivity index (χ3n) is 5.49. The Morgan fingerprint density at radius 2 is 2.00 bits per heavy atom. The van der Waals surface area contributed by atoms with Gasteiger partial charge in [-0.15, -0.1) is 11.3 Å². The minimum atomic E-state index is -0.367. The number of morpholine rings is 1. The molecule has 0 unspecified atom stereocenters. The Bertz CT molecular complexity index is 950. The normalized spacial score (nSPS) is 16.1. The van der Waals surface area contributed by atoms with E-state index >= 15 is 0 Å². The molecule has 0 saturated carbocycles. The van der Waals surface area contributed by atoms with Crippen molar-refractivity contribution in [2.75, 3.05) is 48.9 Å². The van der Waals surface area contributed by atoms with Crippen molar-refractivity contribution in [3.63, 3.8) is 0 Å². The Morgan fingerprint density at radius 3 is 2.77 bits per heavy atom. The summed E-state index contributed by atoms with van der Waals surface area (Å²) in [6, 6.07) is 5.37. The molecule has 0 radical (unpaired) electrons. The van der Waals surface area contributed by atoms with Crippen molar-refractivity contribution in [1.29, 1.82) is 0 Å². The number of esters is 1. The Kier molecular flexibility index (Phi) is 6.24. The van der Waals surface area contributed by atoms with Crippen LogP contribution in [-0.4, -0.2) is 44.8 Å². The fourth-order valence-electron chi connectivity index (χ4n) is 4.06. The Labute approximate surface area is 180 Å². The van der Waals surface area contributed by atoms with Crippen LogP contribution in [0.2, 0.25) is 0 Å². The lowest BCUT2D eigenvalue weighted by molar-refractivity contribution is 0.0526. The third-order valence-corrected chi connectivity index (χ3v) is 6.70. The fraction of sp³-hybridized carbons (Fsp3) is 0.455. The van der Waals surface area contributed by atoms with Gasteiger partial charge in [-0.2, -0.15) is 0 Å². The summed E-state index contributed by atoms with van der Waals surface area (Å²) in [5.74, 6) is -0.638. The average molecular weight is 430 g/mol. The van der Waals surface area contributed by atoms with Crippen LogP contribution in [0.25, 0.3) is 0 Å². The molecule has 7 nitrogen and oxygen atoms in total. The van der Waals surface area contributed by atoms with Crippen LogP contribution in [0.5, 0.6) is 0 Å². The average Bonchev–Trinajstić information content (AvgIpc) is 3.12. The molecule has 2 aromatic rings. The molecule has 8 heteroatoms. The number of rotatable bonds is 5. The van der Waals surface area contributed by atoms with Crippen molar-refractivity contribution in [1.82, 2.24) is 0 Å². The Morgan fingerprint density at radius 1 is 1.23 bits per heavy atom. The van der Waals surface area contributed by atoms with Gasteiger partial charge in [-0.25, -0.2) is 4.79 Å². The molecule has 3 N–H and O–H groups in total. The van der Waals surface area contributed by atoms with Crippen LogP contribution < -0.4 is 16.0 Å². The van der Waals surface area contributed by atoms with Gasteiger partial charge in [0.2, 0.25) is 0 Å². The molecule has 0 spiro atoms. The number of nitrogens with one attached hydrogen (secondary N) is 1. The zero-order chi connectivity index (χ0) is 21.1. The minimum absolute atomic E-state index is 0.270. The SMILES string of the molecule is CCOC(=O)c1c(NC(=O)c2cc(N)ccc2N2CCOCC2)sc2c1CCCC2. The van der Waals surface area contributed by atoms with E-state index in [2.05, 4.69) is 10.2 Å². The zero-order valence-corrected chi connectivity index (χ0v) is 18.0.